The second kappa shape index (κ2) is 5.79. The number of piperazine rings is 1. The molecule has 1 heterocycles. The van der Waals surface area contributed by atoms with E-state index in [1.807, 2.05) is 26.8 Å². The molecule has 1 amide bonds. The van der Waals surface area contributed by atoms with Crippen molar-refractivity contribution in [3.05, 3.63) is 35.6 Å². The summed E-state index contributed by atoms with van der Waals surface area (Å²) in [5, 5.41) is 3.29. The van der Waals surface area contributed by atoms with E-state index >= 15 is 0 Å². The fraction of sp³-hybridized carbons (Fsp3) is 0.533. The molecule has 0 saturated carbocycles. The lowest BCUT2D eigenvalue weighted by atomic mass is 10.0. The average Bonchev–Trinajstić information content (AvgIpc) is 2.37. The maximum Gasteiger partial charge on any atom is 0.410 e. The van der Waals surface area contributed by atoms with Crippen LogP contribution < -0.4 is 5.32 Å². The maximum atomic E-state index is 13.3. The molecule has 0 aromatic heterocycles. The molecular formula is C15H21FN2O2. The molecule has 1 aliphatic rings. The lowest BCUT2D eigenvalue weighted by Gasteiger charge is -2.35. The Balaban J connectivity index is 2.03. The van der Waals surface area contributed by atoms with E-state index in [4.69, 9.17) is 4.74 Å². The van der Waals surface area contributed by atoms with Crippen LogP contribution in [0.1, 0.15) is 32.4 Å². The molecule has 1 atom stereocenters. The molecule has 1 aromatic carbocycles. The zero-order valence-corrected chi connectivity index (χ0v) is 12.1. The molecule has 2 rings (SSSR count). The van der Waals surface area contributed by atoms with Crippen LogP contribution in [0.15, 0.2) is 24.3 Å². The second-order valence-corrected chi connectivity index (χ2v) is 5.99. The molecule has 4 nitrogen and oxygen atoms in total. The number of rotatable bonds is 1. The number of benzene rings is 1. The van der Waals surface area contributed by atoms with Gasteiger partial charge in [0.15, 0.2) is 0 Å². The molecule has 1 fully saturated rings. The van der Waals surface area contributed by atoms with Crippen LogP contribution in [0.4, 0.5) is 9.18 Å². The van der Waals surface area contributed by atoms with Gasteiger partial charge in [-0.2, -0.15) is 0 Å². The van der Waals surface area contributed by atoms with Crippen molar-refractivity contribution in [1.29, 1.82) is 0 Å². The van der Waals surface area contributed by atoms with Gasteiger partial charge in [-0.15, -0.1) is 0 Å². The van der Waals surface area contributed by atoms with Crippen molar-refractivity contribution in [3.8, 4) is 0 Å². The molecule has 1 N–H and O–H groups in total. The van der Waals surface area contributed by atoms with Crippen molar-refractivity contribution in [2.75, 3.05) is 19.6 Å². The molecule has 0 aliphatic carbocycles. The first-order valence-electron chi connectivity index (χ1n) is 6.82. The van der Waals surface area contributed by atoms with Gasteiger partial charge in [0.1, 0.15) is 11.4 Å². The van der Waals surface area contributed by atoms with Gasteiger partial charge >= 0.3 is 6.09 Å². The number of carbonyl (C=O) groups is 1. The first-order chi connectivity index (χ1) is 9.35. The van der Waals surface area contributed by atoms with E-state index in [9.17, 15) is 9.18 Å². The Labute approximate surface area is 118 Å². The zero-order valence-electron chi connectivity index (χ0n) is 12.1. The summed E-state index contributed by atoms with van der Waals surface area (Å²) in [5.41, 5.74) is 0.342. The first kappa shape index (κ1) is 14.8. The van der Waals surface area contributed by atoms with E-state index in [1.54, 1.807) is 11.0 Å². The smallest absolute Gasteiger partial charge is 0.410 e. The highest BCUT2D eigenvalue weighted by Gasteiger charge is 2.28. The molecule has 1 saturated heterocycles. The number of carbonyl (C=O) groups excluding carboxylic acids is 1. The van der Waals surface area contributed by atoms with Crippen molar-refractivity contribution in [2.24, 2.45) is 0 Å². The standard InChI is InChI=1S/C15H21FN2O2/c1-15(2,3)20-14(19)18-8-7-17-13(10-18)11-5-4-6-12(16)9-11/h4-6,9,13,17H,7-8,10H2,1-3H3/t13-/m0/s1. The Morgan fingerprint density at radius 2 is 2.20 bits per heavy atom. The summed E-state index contributed by atoms with van der Waals surface area (Å²) in [7, 11) is 0. The third kappa shape index (κ3) is 3.93. The number of halogens is 1. The number of nitrogens with zero attached hydrogens (tertiary/aromatic N) is 1. The second-order valence-electron chi connectivity index (χ2n) is 5.99. The van der Waals surface area contributed by atoms with Gasteiger partial charge in [-0.05, 0) is 38.5 Å². The van der Waals surface area contributed by atoms with Crippen molar-refractivity contribution in [1.82, 2.24) is 10.2 Å². The summed E-state index contributed by atoms with van der Waals surface area (Å²) >= 11 is 0. The minimum absolute atomic E-state index is 0.0630. The summed E-state index contributed by atoms with van der Waals surface area (Å²) in [4.78, 5) is 13.7. The molecule has 0 radical (unpaired) electrons. The Hall–Kier alpha value is -1.62. The van der Waals surface area contributed by atoms with Crippen molar-refractivity contribution < 1.29 is 13.9 Å². The minimum atomic E-state index is -0.504. The van der Waals surface area contributed by atoms with Gasteiger partial charge in [0.05, 0.1) is 6.04 Å². The molecule has 0 spiro atoms. The van der Waals surface area contributed by atoms with Gasteiger partial charge < -0.3 is 15.0 Å². The van der Waals surface area contributed by atoms with Crippen LogP contribution in [0, 0.1) is 5.82 Å². The fourth-order valence-electron chi connectivity index (χ4n) is 2.19. The van der Waals surface area contributed by atoms with E-state index in [-0.39, 0.29) is 18.0 Å². The van der Waals surface area contributed by atoms with Crippen LogP contribution in [-0.4, -0.2) is 36.2 Å². The summed E-state index contributed by atoms with van der Waals surface area (Å²) in [5.74, 6) is -0.265. The van der Waals surface area contributed by atoms with E-state index < -0.39 is 5.60 Å². The predicted octanol–water partition coefficient (Wildman–Crippen LogP) is 2.71. The van der Waals surface area contributed by atoms with Crippen LogP contribution in [0.2, 0.25) is 0 Å². The Bertz CT molecular complexity index is 485. The normalized spacial score (nSPS) is 19.8. The molecular weight excluding hydrogens is 259 g/mol. The summed E-state index contributed by atoms with van der Waals surface area (Å²) in [6.07, 6.45) is -0.319. The summed E-state index contributed by atoms with van der Waals surface area (Å²) in [6, 6.07) is 6.39. The van der Waals surface area contributed by atoms with Gasteiger partial charge in [0, 0.05) is 19.6 Å². The average molecular weight is 280 g/mol. The third-order valence-corrected chi connectivity index (χ3v) is 3.08. The predicted molar refractivity (Wildman–Crippen MR) is 75.0 cm³/mol. The van der Waals surface area contributed by atoms with Gasteiger partial charge in [-0.3, -0.25) is 0 Å². The van der Waals surface area contributed by atoms with E-state index in [1.165, 1.54) is 12.1 Å². The number of amides is 1. The lowest BCUT2D eigenvalue weighted by molar-refractivity contribution is 0.0195. The Morgan fingerprint density at radius 1 is 1.45 bits per heavy atom. The number of ether oxygens (including phenoxy) is 1. The van der Waals surface area contributed by atoms with Crippen LogP contribution >= 0.6 is 0 Å². The summed E-state index contributed by atoms with van der Waals surface area (Å²) in [6.45, 7) is 7.28. The first-order valence-corrected chi connectivity index (χ1v) is 6.82. The summed E-state index contributed by atoms with van der Waals surface area (Å²) < 4.78 is 18.6. The molecule has 20 heavy (non-hydrogen) atoms. The topological polar surface area (TPSA) is 41.6 Å². The van der Waals surface area contributed by atoms with Crippen molar-refractivity contribution >= 4 is 6.09 Å². The highest BCUT2D eigenvalue weighted by Crippen LogP contribution is 2.20. The fourth-order valence-corrected chi connectivity index (χ4v) is 2.19. The van der Waals surface area contributed by atoms with Gasteiger partial charge in [0.25, 0.3) is 0 Å². The third-order valence-electron chi connectivity index (χ3n) is 3.08. The molecule has 110 valence electrons. The van der Waals surface area contributed by atoms with E-state index in [0.717, 1.165) is 5.56 Å². The number of nitrogens with one attached hydrogen (secondary N) is 1. The van der Waals surface area contributed by atoms with Gasteiger partial charge in [-0.1, -0.05) is 12.1 Å². The van der Waals surface area contributed by atoms with E-state index in [2.05, 4.69) is 5.32 Å². The number of hydrogen-bond donors (Lipinski definition) is 1. The molecule has 0 bridgehead atoms. The SMILES string of the molecule is CC(C)(C)OC(=O)N1CCN[C@H](c2cccc(F)c2)C1. The van der Waals surface area contributed by atoms with Crippen LogP contribution in [0.5, 0.6) is 0 Å². The van der Waals surface area contributed by atoms with Crippen molar-refractivity contribution in [3.63, 3.8) is 0 Å². The minimum Gasteiger partial charge on any atom is -0.444 e. The molecule has 1 aromatic rings. The highest BCUT2D eigenvalue weighted by atomic mass is 19.1. The van der Waals surface area contributed by atoms with E-state index in [0.29, 0.717) is 19.6 Å². The van der Waals surface area contributed by atoms with Crippen LogP contribution in [-0.2, 0) is 4.74 Å². The van der Waals surface area contributed by atoms with Gasteiger partial charge in [-0.25, -0.2) is 9.18 Å². The molecule has 5 heteroatoms. The van der Waals surface area contributed by atoms with Crippen molar-refractivity contribution in [2.45, 2.75) is 32.4 Å². The number of hydrogen-bond acceptors (Lipinski definition) is 3. The van der Waals surface area contributed by atoms with Gasteiger partial charge in [0.2, 0.25) is 0 Å². The van der Waals surface area contributed by atoms with Crippen LogP contribution in [0.25, 0.3) is 0 Å². The Morgan fingerprint density at radius 3 is 2.85 bits per heavy atom. The monoisotopic (exact) mass is 280 g/mol. The van der Waals surface area contributed by atoms with Crippen LogP contribution in [0.3, 0.4) is 0 Å². The maximum absolute atomic E-state index is 13.3. The molecule has 0 unspecified atom stereocenters. The Kier molecular flexibility index (Phi) is 4.28. The zero-order chi connectivity index (χ0) is 14.8. The molecule has 1 aliphatic heterocycles. The largest absolute Gasteiger partial charge is 0.444 e. The lowest BCUT2D eigenvalue weighted by Crippen LogP contribution is -2.49. The quantitative estimate of drug-likeness (QED) is 0.860. The highest BCUT2D eigenvalue weighted by molar-refractivity contribution is 5.68.